The van der Waals surface area contributed by atoms with Gasteiger partial charge >= 0.3 is 0 Å². The molecule has 1 atom stereocenters. The van der Waals surface area contributed by atoms with Crippen LogP contribution in [0.25, 0.3) is 6.08 Å². The van der Waals surface area contributed by atoms with Crippen LogP contribution in [0.15, 0.2) is 35.9 Å². The average Bonchev–Trinajstić information content (AvgIpc) is 2.71. The van der Waals surface area contributed by atoms with Gasteiger partial charge in [0.2, 0.25) is 0 Å². The zero-order valence-corrected chi connectivity index (χ0v) is 20.2. The Labute approximate surface area is 198 Å². The number of benzene rings is 2. The fourth-order valence-electron chi connectivity index (χ4n) is 3.36. The molecule has 0 unspecified atom stereocenters. The number of methoxy groups -OCH3 is 1. The van der Waals surface area contributed by atoms with Crippen LogP contribution >= 0.6 is 23.8 Å². The van der Waals surface area contributed by atoms with Gasteiger partial charge in [0.15, 0.2) is 16.6 Å². The maximum absolute atomic E-state index is 13.3. The second kappa shape index (κ2) is 9.71. The molecule has 1 N–H and O–H groups in total. The molecule has 168 valence electrons. The van der Waals surface area contributed by atoms with Gasteiger partial charge in [-0.2, -0.15) is 0 Å². The SMILES string of the molecule is CC[C@H](C)Oc1c(Cl)cc(/C=C2\C(=O)NC(=S)N(c3cc(C)cc(C)c3)C2=O)cc1OC. The predicted octanol–water partition coefficient (Wildman–Crippen LogP) is 4.97. The Bertz CT molecular complexity index is 1110. The van der Waals surface area contributed by atoms with Gasteiger partial charge in [0.1, 0.15) is 5.57 Å². The topological polar surface area (TPSA) is 67.9 Å². The Morgan fingerprint density at radius 3 is 2.41 bits per heavy atom. The van der Waals surface area contributed by atoms with Crippen molar-refractivity contribution < 1.29 is 19.1 Å². The van der Waals surface area contributed by atoms with Crippen molar-refractivity contribution in [2.45, 2.75) is 40.2 Å². The first-order valence-electron chi connectivity index (χ1n) is 10.2. The number of carbonyl (C=O) groups excluding carboxylic acids is 2. The summed E-state index contributed by atoms with van der Waals surface area (Å²) in [6.07, 6.45) is 2.22. The van der Waals surface area contributed by atoms with Crippen molar-refractivity contribution in [3.63, 3.8) is 0 Å². The smallest absolute Gasteiger partial charge is 0.270 e. The lowest BCUT2D eigenvalue weighted by Crippen LogP contribution is -2.54. The maximum Gasteiger partial charge on any atom is 0.270 e. The van der Waals surface area contributed by atoms with Crippen molar-refractivity contribution in [3.05, 3.63) is 57.6 Å². The Kier molecular flexibility index (Phi) is 7.21. The monoisotopic (exact) mass is 472 g/mol. The Morgan fingerprint density at radius 1 is 1.16 bits per heavy atom. The molecule has 1 saturated heterocycles. The highest BCUT2D eigenvalue weighted by Crippen LogP contribution is 2.38. The van der Waals surface area contributed by atoms with Crippen molar-refractivity contribution in [2.24, 2.45) is 0 Å². The molecule has 0 aliphatic carbocycles. The highest BCUT2D eigenvalue weighted by atomic mass is 35.5. The number of halogens is 1. The van der Waals surface area contributed by atoms with Gasteiger partial charge in [-0.1, -0.05) is 24.6 Å². The minimum atomic E-state index is -0.573. The van der Waals surface area contributed by atoms with Crippen LogP contribution in [0, 0.1) is 13.8 Å². The lowest BCUT2D eigenvalue weighted by atomic mass is 10.1. The highest BCUT2D eigenvalue weighted by Gasteiger charge is 2.34. The van der Waals surface area contributed by atoms with Gasteiger partial charge in [-0.15, -0.1) is 0 Å². The van der Waals surface area contributed by atoms with E-state index in [1.54, 1.807) is 12.1 Å². The highest BCUT2D eigenvalue weighted by molar-refractivity contribution is 7.80. The van der Waals surface area contributed by atoms with E-state index < -0.39 is 11.8 Å². The Balaban J connectivity index is 2.03. The van der Waals surface area contributed by atoms with Crippen molar-refractivity contribution in [2.75, 3.05) is 12.0 Å². The molecule has 8 heteroatoms. The molecule has 1 aliphatic heterocycles. The van der Waals surface area contributed by atoms with Crippen molar-refractivity contribution in [1.29, 1.82) is 0 Å². The van der Waals surface area contributed by atoms with Gasteiger partial charge in [0, 0.05) is 0 Å². The van der Waals surface area contributed by atoms with E-state index in [0.29, 0.717) is 27.8 Å². The van der Waals surface area contributed by atoms with Crippen LogP contribution in [0.2, 0.25) is 5.02 Å². The number of thiocarbonyl (C=S) groups is 1. The van der Waals surface area contributed by atoms with Crippen LogP contribution in [-0.2, 0) is 9.59 Å². The van der Waals surface area contributed by atoms with Gasteiger partial charge in [-0.25, -0.2) is 0 Å². The van der Waals surface area contributed by atoms with Crippen LogP contribution in [0.1, 0.15) is 37.0 Å². The van der Waals surface area contributed by atoms with Crippen LogP contribution in [0.4, 0.5) is 5.69 Å². The zero-order valence-electron chi connectivity index (χ0n) is 18.6. The predicted molar refractivity (Wildman–Crippen MR) is 131 cm³/mol. The number of amides is 2. The summed E-state index contributed by atoms with van der Waals surface area (Å²) in [5.41, 5.74) is 3.01. The molecule has 1 aliphatic rings. The molecule has 32 heavy (non-hydrogen) atoms. The summed E-state index contributed by atoms with van der Waals surface area (Å²) in [5, 5.41) is 2.95. The molecule has 2 aromatic rings. The number of aryl methyl sites for hydroxylation is 2. The lowest BCUT2D eigenvalue weighted by Gasteiger charge is -2.29. The molecule has 0 bridgehead atoms. The number of hydrogen-bond acceptors (Lipinski definition) is 5. The van der Waals surface area contributed by atoms with E-state index in [2.05, 4.69) is 5.32 Å². The van der Waals surface area contributed by atoms with E-state index >= 15 is 0 Å². The second-order valence-electron chi connectivity index (χ2n) is 7.67. The van der Waals surface area contributed by atoms with E-state index in [1.807, 2.05) is 45.9 Å². The minimum Gasteiger partial charge on any atom is -0.493 e. The molecule has 3 rings (SSSR count). The largest absolute Gasteiger partial charge is 0.493 e. The molecule has 2 aromatic carbocycles. The number of rotatable bonds is 6. The van der Waals surface area contributed by atoms with Crippen molar-refractivity contribution in [3.8, 4) is 11.5 Å². The van der Waals surface area contributed by atoms with E-state index in [4.69, 9.17) is 33.3 Å². The summed E-state index contributed by atoms with van der Waals surface area (Å²) in [7, 11) is 1.50. The van der Waals surface area contributed by atoms with Crippen molar-refractivity contribution >= 4 is 52.5 Å². The number of anilines is 1. The average molecular weight is 473 g/mol. The fraction of sp³-hybridized carbons (Fsp3) is 0.292. The molecule has 1 fully saturated rings. The molecular weight excluding hydrogens is 448 g/mol. The maximum atomic E-state index is 13.3. The van der Waals surface area contributed by atoms with Crippen molar-refractivity contribution in [1.82, 2.24) is 5.32 Å². The first kappa shape index (κ1) is 23.8. The molecule has 6 nitrogen and oxygen atoms in total. The third-order valence-electron chi connectivity index (χ3n) is 5.02. The fourth-order valence-corrected chi connectivity index (χ4v) is 3.91. The first-order valence-corrected chi connectivity index (χ1v) is 11.0. The summed E-state index contributed by atoms with van der Waals surface area (Å²) in [6, 6.07) is 8.97. The second-order valence-corrected chi connectivity index (χ2v) is 8.47. The van der Waals surface area contributed by atoms with E-state index in [1.165, 1.54) is 18.1 Å². The quantitative estimate of drug-likeness (QED) is 0.365. The lowest BCUT2D eigenvalue weighted by molar-refractivity contribution is -0.122. The molecular formula is C24H25ClN2O4S. The van der Waals surface area contributed by atoms with Gasteiger partial charge in [0.25, 0.3) is 11.8 Å². The Morgan fingerprint density at radius 2 is 1.81 bits per heavy atom. The third-order valence-corrected chi connectivity index (χ3v) is 5.59. The summed E-state index contributed by atoms with van der Waals surface area (Å²) in [5.74, 6) is -0.257. The molecule has 0 saturated carbocycles. The zero-order chi connectivity index (χ0) is 23.6. The Hall–Kier alpha value is -2.90. The summed E-state index contributed by atoms with van der Waals surface area (Å²) >= 11 is 11.7. The van der Waals surface area contributed by atoms with E-state index in [-0.39, 0.29) is 16.8 Å². The molecule has 0 aromatic heterocycles. The normalized spacial score (nSPS) is 16.2. The number of hydrogen-bond donors (Lipinski definition) is 1. The molecule has 0 spiro atoms. The standard InChI is InChI=1S/C24H25ClN2O4S/c1-6-15(4)31-21-19(25)11-16(12-20(21)30-5)10-18-22(28)26-24(32)27(23(18)29)17-8-13(2)7-14(3)9-17/h7-12,15H,6H2,1-5H3,(H,26,28,32)/b18-10+/t15-/m0/s1. The molecule has 0 radical (unpaired) electrons. The van der Waals surface area contributed by atoms with Gasteiger partial charge in [-0.05, 0) is 86.4 Å². The minimum absolute atomic E-state index is 0.0371. The van der Waals surface area contributed by atoms with Crippen LogP contribution < -0.4 is 19.7 Å². The number of nitrogens with one attached hydrogen (secondary N) is 1. The van der Waals surface area contributed by atoms with Gasteiger partial charge in [0.05, 0.1) is 23.9 Å². The summed E-state index contributed by atoms with van der Waals surface area (Å²) in [6.45, 7) is 7.80. The van der Waals surface area contributed by atoms with Gasteiger partial charge in [-0.3, -0.25) is 19.8 Å². The molecule has 2 amide bonds. The van der Waals surface area contributed by atoms with Crippen LogP contribution in [0.5, 0.6) is 11.5 Å². The van der Waals surface area contributed by atoms with Gasteiger partial charge < -0.3 is 9.47 Å². The molecule has 1 heterocycles. The van der Waals surface area contributed by atoms with E-state index in [0.717, 1.165) is 17.5 Å². The number of nitrogens with zero attached hydrogens (tertiary/aromatic N) is 1. The third kappa shape index (κ3) is 4.95. The van der Waals surface area contributed by atoms with E-state index in [9.17, 15) is 9.59 Å². The first-order chi connectivity index (χ1) is 15.1. The summed E-state index contributed by atoms with van der Waals surface area (Å²) < 4.78 is 11.3. The summed E-state index contributed by atoms with van der Waals surface area (Å²) in [4.78, 5) is 27.2. The number of ether oxygens (including phenoxy) is 2. The van der Waals surface area contributed by atoms with Crippen LogP contribution in [-0.4, -0.2) is 30.1 Å². The number of carbonyl (C=O) groups is 2. The van der Waals surface area contributed by atoms with Crippen LogP contribution in [0.3, 0.4) is 0 Å².